The Morgan fingerprint density at radius 1 is 1.43 bits per heavy atom. The maximum atomic E-state index is 12.3. The van der Waals surface area contributed by atoms with Crippen LogP contribution in [0.2, 0.25) is 0 Å². The zero-order valence-corrected chi connectivity index (χ0v) is 12.4. The molecule has 0 radical (unpaired) electrons. The average Bonchev–Trinajstić information content (AvgIpc) is 2.35. The molecule has 1 amide bonds. The maximum absolute atomic E-state index is 12.3. The molecule has 21 heavy (non-hydrogen) atoms. The van der Waals surface area contributed by atoms with Gasteiger partial charge in [-0.05, 0) is 39.8 Å². The number of anilines is 1. The molecule has 2 rings (SSSR count). The quantitative estimate of drug-likeness (QED) is 0.855. The van der Waals surface area contributed by atoms with Crippen LogP contribution < -0.4 is 9.64 Å². The molecule has 0 unspecified atom stereocenters. The van der Waals surface area contributed by atoms with Crippen molar-refractivity contribution in [2.45, 2.75) is 39.3 Å². The lowest BCUT2D eigenvalue weighted by molar-refractivity contribution is 0.0546. The van der Waals surface area contributed by atoms with Gasteiger partial charge < -0.3 is 14.6 Å². The van der Waals surface area contributed by atoms with Gasteiger partial charge in [0.25, 0.3) is 0 Å². The molecule has 0 fully saturated rings. The van der Waals surface area contributed by atoms with Crippen LogP contribution in [-0.4, -0.2) is 40.4 Å². The highest BCUT2D eigenvalue weighted by atomic mass is 16.6. The summed E-state index contributed by atoms with van der Waals surface area (Å²) in [6.07, 6.45) is -0.510. The fourth-order valence-electron chi connectivity index (χ4n) is 1.94. The van der Waals surface area contributed by atoms with Gasteiger partial charge in [-0.15, -0.1) is 0 Å². The molecule has 0 spiro atoms. The van der Waals surface area contributed by atoms with Crippen LogP contribution in [-0.2, 0) is 4.74 Å². The number of carbonyl (C=O) groups excluding carboxylic acids is 1. The number of nitrogens with zero attached hydrogens (tertiary/aromatic N) is 2. The van der Waals surface area contributed by atoms with E-state index in [4.69, 9.17) is 14.6 Å². The van der Waals surface area contributed by atoms with Crippen LogP contribution in [0.4, 0.5) is 10.5 Å². The molecule has 0 aliphatic carbocycles. The number of ether oxygens (including phenoxy) is 2. The minimum absolute atomic E-state index is 0.124. The van der Waals surface area contributed by atoms with Gasteiger partial charge in [-0.3, -0.25) is 4.90 Å². The smallest absolute Gasteiger partial charge is 0.415 e. The van der Waals surface area contributed by atoms with E-state index < -0.39 is 17.7 Å². The van der Waals surface area contributed by atoms with E-state index in [1.54, 1.807) is 20.8 Å². The third-order valence-electron chi connectivity index (χ3n) is 2.81. The van der Waals surface area contributed by atoms with Crippen molar-refractivity contribution in [3.8, 4) is 5.88 Å². The molecule has 0 saturated heterocycles. The van der Waals surface area contributed by atoms with Crippen LogP contribution in [0.5, 0.6) is 5.88 Å². The molecule has 0 aromatic carbocycles. The first-order valence-electron chi connectivity index (χ1n) is 6.58. The Labute approximate surface area is 122 Å². The summed E-state index contributed by atoms with van der Waals surface area (Å²) in [5.41, 5.74) is -0.343. The number of carboxylic acid groups (broad SMARTS) is 1. The Hall–Kier alpha value is -2.31. The lowest BCUT2D eigenvalue weighted by Crippen LogP contribution is -2.47. The van der Waals surface area contributed by atoms with E-state index in [1.165, 1.54) is 17.0 Å². The number of aromatic carboxylic acids is 1. The molecule has 1 aromatic heterocycles. The highest BCUT2D eigenvalue weighted by molar-refractivity contribution is 5.92. The van der Waals surface area contributed by atoms with Crippen LogP contribution >= 0.6 is 0 Å². The summed E-state index contributed by atoms with van der Waals surface area (Å²) in [6, 6.07) is 2.61. The number of rotatable bonds is 1. The molecular formula is C14H18N2O5. The number of aromatic nitrogens is 1. The summed E-state index contributed by atoms with van der Waals surface area (Å²) >= 11 is 0. The standard InChI is InChI=1S/C14H18N2O5/c1-8-7-20-11-10(6-5-9(15-11)12(17)18)16(8)13(19)21-14(2,3)4/h5-6,8H,7H2,1-4H3,(H,17,18)/t8-/m0/s1. The fraction of sp³-hybridized carbons (Fsp3) is 0.500. The van der Waals surface area contributed by atoms with Crippen molar-refractivity contribution in [2.75, 3.05) is 11.5 Å². The van der Waals surface area contributed by atoms with Crippen molar-refractivity contribution >= 4 is 17.7 Å². The van der Waals surface area contributed by atoms with Crippen LogP contribution in [0, 0.1) is 0 Å². The van der Waals surface area contributed by atoms with Gasteiger partial charge in [0.15, 0.2) is 5.69 Å². The van der Waals surface area contributed by atoms with Crippen molar-refractivity contribution in [1.82, 2.24) is 4.98 Å². The topological polar surface area (TPSA) is 89.0 Å². The first-order chi connectivity index (χ1) is 9.69. The Morgan fingerprint density at radius 2 is 2.10 bits per heavy atom. The maximum Gasteiger partial charge on any atom is 0.415 e. The fourth-order valence-corrected chi connectivity index (χ4v) is 1.94. The summed E-state index contributed by atoms with van der Waals surface area (Å²) in [7, 11) is 0. The molecule has 1 aromatic rings. The lowest BCUT2D eigenvalue weighted by atomic mass is 10.2. The summed E-state index contributed by atoms with van der Waals surface area (Å²) < 4.78 is 10.8. The third kappa shape index (κ3) is 3.24. The van der Waals surface area contributed by atoms with Crippen LogP contribution in [0.1, 0.15) is 38.2 Å². The van der Waals surface area contributed by atoms with Crippen molar-refractivity contribution < 1.29 is 24.2 Å². The predicted molar refractivity (Wildman–Crippen MR) is 74.9 cm³/mol. The SMILES string of the molecule is C[C@H]1COc2nc(C(=O)O)ccc2N1C(=O)OC(C)(C)C. The molecule has 0 saturated carbocycles. The second kappa shape index (κ2) is 5.23. The van der Waals surface area contributed by atoms with Gasteiger partial charge in [0.05, 0.1) is 6.04 Å². The van der Waals surface area contributed by atoms with Crippen molar-refractivity contribution in [3.63, 3.8) is 0 Å². The van der Waals surface area contributed by atoms with Crippen molar-refractivity contribution in [1.29, 1.82) is 0 Å². The van der Waals surface area contributed by atoms with E-state index in [1.807, 2.05) is 6.92 Å². The van der Waals surface area contributed by atoms with E-state index in [0.29, 0.717) is 5.69 Å². The molecule has 7 nitrogen and oxygen atoms in total. The zero-order valence-electron chi connectivity index (χ0n) is 12.4. The normalized spacial score (nSPS) is 17.7. The monoisotopic (exact) mass is 294 g/mol. The zero-order chi connectivity index (χ0) is 15.8. The van der Waals surface area contributed by atoms with Crippen LogP contribution in [0.25, 0.3) is 0 Å². The number of pyridine rings is 1. The van der Waals surface area contributed by atoms with Crippen LogP contribution in [0.3, 0.4) is 0 Å². The van der Waals surface area contributed by atoms with Crippen molar-refractivity contribution in [2.24, 2.45) is 0 Å². The number of amides is 1. The summed E-state index contributed by atoms with van der Waals surface area (Å²) in [6.45, 7) is 7.38. The average molecular weight is 294 g/mol. The number of hydrogen-bond donors (Lipinski definition) is 1. The molecule has 1 aliphatic rings. The second-order valence-corrected chi connectivity index (χ2v) is 5.84. The summed E-state index contributed by atoms with van der Waals surface area (Å²) in [4.78, 5) is 28.6. The minimum atomic E-state index is -1.15. The molecule has 0 bridgehead atoms. The molecule has 1 aliphatic heterocycles. The van der Waals surface area contributed by atoms with Crippen LogP contribution in [0.15, 0.2) is 12.1 Å². The molecular weight excluding hydrogens is 276 g/mol. The Morgan fingerprint density at radius 3 is 2.67 bits per heavy atom. The van der Waals surface area contributed by atoms with Gasteiger partial charge in [0.1, 0.15) is 17.9 Å². The van der Waals surface area contributed by atoms with Gasteiger partial charge in [-0.25, -0.2) is 14.6 Å². The molecule has 1 atom stereocenters. The first kappa shape index (κ1) is 15.1. The Balaban J connectivity index is 2.36. The van der Waals surface area contributed by atoms with E-state index >= 15 is 0 Å². The van der Waals surface area contributed by atoms with Gasteiger partial charge in [-0.1, -0.05) is 0 Å². The second-order valence-electron chi connectivity index (χ2n) is 5.84. The largest absolute Gasteiger partial charge is 0.477 e. The summed E-state index contributed by atoms with van der Waals surface area (Å²) in [5, 5.41) is 8.94. The van der Waals surface area contributed by atoms with E-state index in [9.17, 15) is 9.59 Å². The predicted octanol–water partition coefficient (Wildman–Crippen LogP) is 2.30. The minimum Gasteiger partial charge on any atom is -0.477 e. The Bertz CT molecular complexity index is 579. The highest BCUT2D eigenvalue weighted by Crippen LogP contribution is 2.33. The van der Waals surface area contributed by atoms with Crippen molar-refractivity contribution in [3.05, 3.63) is 17.8 Å². The first-order valence-corrected chi connectivity index (χ1v) is 6.58. The van der Waals surface area contributed by atoms with E-state index in [0.717, 1.165) is 0 Å². The molecule has 114 valence electrons. The van der Waals surface area contributed by atoms with Gasteiger partial charge >= 0.3 is 12.1 Å². The highest BCUT2D eigenvalue weighted by Gasteiger charge is 2.34. The number of carbonyl (C=O) groups is 2. The summed E-state index contributed by atoms with van der Waals surface area (Å²) in [5.74, 6) is -1.03. The number of fused-ring (bicyclic) bond motifs is 1. The molecule has 2 heterocycles. The number of carboxylic acids is 1. The third-order valence-corrected chi connectivity index (χ3v) is 2.81. The molecule has 1 N–H and O–H groups in total. The van der Waals surface area contributed by atoms with Gasteiger partial charge in [-0.2, -0.15) is 0 Å². The van der Waals surface area contributed by atoms with Gasteiger partial charge in [0, 0.05) is 0 Å². The van der Waals surface area contributed by atoms with Gasteiger partial charge in [0.2, 0.25) is 5.88 Å². The Kier molecular flexibility index (Phi) is 3.76. The lowest BCUT2D eigenvalue weighted by Gasteiger charge is -2.35. The number of hydrogen-bond acceptors (Lipinski definition) is 5. The van der Waals surface area contributed by atoms with E-state index in [2.05, 4.69) is 4.98 Å². The van der Waals surface area contributed by atoms with E-state index in [-0.39, 0.29) is 24.2 Å². The molecule has 7 heteroatoms.